The fourth-order valence-electron chi connectivity index (χ4n) is 3.98. The Morgan fingerprint density at radius 1 is 1.29 bits per heavy atom. The molecule has 3 aliphatic rings. The third-order valence-electron chi connectivity index (χ3n) is 4.96. The number of carbonyl (C=O) groups excluding carboxylic acids is 1. The lowest BCUT2D eigenvalue weighted by Crippen LogP contribution is -2.47. The maximum atomic E-state index is 12.1. The Bertz CT molecular complexity index is 571. The Morgan fingerprint density at radius 2 is 2.14 bits per heavy atom. The molecule has 1 spiro atoms. The Balaban J connectivity index is 1.46. The largest absolute Gasteiger partial charge is 0.352 e. The van der Waals surface area contributed by atoms with Crippen molar-refractivity contribution in [2.24, 2.45) is 0 Å². The quantitative estimate of drug-likeness (QED) is 0.847. The van der Waals surface area contributed by atoms with Gasteiger partial charge in [0.25, 0.3) is 0 Å². The van der Waals surface area contributed by atoms with E-state index in [4.69, 9.17) is 4.74 Å². The molecule has 1 aromatic carbocycles. The molecule has 3 fully saturated rings. The van der Waals surface area contributed by atoms with E-state index in [0.29, 0.717) is 13.0 Å². The fraction of sp³-hybridized carbons (Fsp3) is 0.471. The number of hydrogen-bond acceptors (Lipinski definition) is 3. The molecule has 0 aromatic heterocycles. The predicted molar refractivity (Wildman–Crippen MR) is 80.5 cm³/mol. The lowest BCUT2D eigenvalue weighted by molar-refractivity contribution is -0.136. The van der Waals surface area contributed by atoms with E-state index in [9.17, 15) is 4.79 Å². The van der Waals surface area contributed by atoms with Gasteiger partial charge in [0.15, 0.2) is 5.72 Å². The molecular weight excluding hydrogens is 264 g/mol. The van der Waals surface area contributed by atoms with Crippen LogP contribution in [-0.4, -0.2) is 53.7 Å². The fourth-order valence-corrected chi connectivity index (χ4v) is 3.98. The van der Waals surface area contributed by atoms with Crippen molar-refractivity contribution in [3.05, 3.63) is 42.0 Å². The molecule has 21 heavy (non-hydrogen) atoms. The van der Waals surface area contributed by atoms with E-state index in [2.05, 4.69) is 29.2 Å². The molecular formula is C17H20N2O2. The van der Waals surface area contributed by atoms with Crippen molar-refractivity contribution in [2.75, 3.05) is 26.2 Å². The van der Waals surface area contributed by atoms with E-state index < -0.39 is 0 Å². The van der Waals surface area contributed by atoms with Crippen molar-refractivity contribution in [3.8, 4) is 0 Å². The average Bonchev–Trinajstić information content (AvgIpc) is 3.13. The molecule has 3 saturated heterocycles. The van der Waals surface area contributed by atoms with E-state index in [1.54, 1.807) is 0 Å². The molecule has 3 heterocycles. The summed E-state index contributed by atoms with van der Waals surface area (Å²) in [7, 11) is 0. The molecule has 0 radical (unpaired) electrons. The predicted octanol–water partition coefficient (Wildman–Crippen LogP) is 1.73. The average molecular weight is 284 g/mol. The standard InChI is InChI=1S/C17H20N2O2/c20-16-13-15-17(19(16)11-12-21-17)8-10-18(15)9-4-7-14-5-2-1-3-6-14/h1-7,15H,8-13H2/b7-4+/t15-,17+/m1/s1. The molecule has 1 aromatic rings. The summed E-state index contributed by atoms with van der Waals surface area (Å²) in [4.78, 5) is 16.5. The molecule has 1 amide bonds. The van der Waals surface area contributed by atoms with Gasteiger partial charge in [-0.1, -0.05) is 42.5 Å². The van der Waals surface area contributed by atoms with E-state index in [1.165, 1.54) is 5.56 Å². The molecule has 3 aliphatic heterocycles. The van der Waals surface area contributed by atoms with Gasteiger partial charge in [-0.3, -0.25) is 9.69 Å². The van der Waals surface area contributed by atoms with Gasteiger partial charge in [0, 0.05) is 32.5 Å². The third kappa shape index (κ3) is 2.01. The smallest absolute Gasteiger partial charge is 0.226 e. The summed E-state index contributed by atoms with van der Waals surface area (Å²) in [6, 6.07) is 10.5. The third-order valence-corrected chi connectivity index (χ3v) is 4.96. The normalized spacial score (nSPS) is 32.1. The van der Waals surface area contributed by atoms with Crippen LogP contribution in [-0.2, 0) is 9.53 Å². The number of rotatable bonds is 3. The zero-order valence-electron chi connectivity index (χ0n) is 12.1. The van der Waals surface area contributed by atoms with Crippen LogP contribution in [0, 0.1) is 0 Å². The molecule has 0 aliphatic carbocycles. The monoisotopic (exact) mass is 284 g/mol. The van der Waals surface area contributed by atoms with Gasteiger partial charge in [-0.25, -0.2) is 0 Å². The lowest BCUT2D eigenvalue weighted by Gasteiger charge is -2.31. The van der Waals surface area contributed by atoms with Crippen molar-refractivity contribution >= 4 is 12.0 Å². The van der Waals surface area contributed by atoms with Gasteiger partial charge in [-0.05, 0) is 5.56 Å². The number of amides is 1. The molecule has 4 heteroatoms. The molecule has 0 N–H and O–H groups in total. The van der Waals surface area contributed by atoms with Crippen molar-refractivity contribution < 1.29 is 9.53 Å². The minimum atomic E-state index is -0.308. The van der Waals surface area contributed by atoms with E-state index >= 15 is 0 Å². The van der Waals surface area contributed by atoms with Crippen LogP contribution in [0.1, 0.15) is 18.4 Å². The zero-order chi connectivity index (χ0) is 14.3. The lowest BCUT2D eigenvalue weighted by atomic mass is 10.1. The second-order valence-electron chi connectivity index (χ2n) is 6.02. The van der Waals surface area contributed by atoms with Crippen LogP contribution < -0.4 is 0 Å². The Kier molecular flexibility index (Phi) is 3.08. The Labute approximate surface area is 125 Å². The minimum absolute atomic E-state index is 0.230. The van der Waals surface area contributed by atoms with Crippen molar-refractivity contribution in [1.82, 2.24) is 9.80 Å². The van der Waals surface area contributed by atoms with Crippen LogP contribution in [0.25, 0.3) is 6.08 Å². The number of carbonyl (C=O) groups is 1. The first-order chi connectivity index (χ1) is 10.3. The number of ether oxygens (including phenoxy) is 1. The van der Waals surface area contributed by atoms with Gasteiger partial charge in [0.1, 0.15) is 0 Å². The highest BCUT2D eigenvalue weighted by Crippen LogP contribution is 2.45. The number of benzene rings is 1. The molecule has 0 unspecified atom stereocenters. The van der Waals surface area contributed by atoms with Crippen LogP contribution in [0.15, 0.2) is 36.4 Å². The topological polar surface area (TPSA) is 32.8 Å². The van der Waals surface area contributed by atoms with Gasteiger partial charge in [0.05, 0.1) is 12.6 Å². The van der Waals surface area contributed by atoms with Gasteiger partial charge < -0.3 is 9.64 Å². The second-order valence-corrected chi connectivity index (χ2v) is 6.02. The maximum Gasteiger partial charge on any atom is 0.226 e. The summed E-state index contributed by atoms with van der Waals surface area (Å²) in [5, 5.41) is 0. The van der Waals surface area contributed by atoms with Gasteiger partial charge >= 0.3 is 0 Å². The molecule has 4 rings (SSSR count). The Hall–Kier alpha value is -1.65. The number of hydrogen-bond donors (Lipinski definition) is 0. The van der Waals surface area contributed by atoms with Crippen molar-refractivity contribution in [1.29, 1.82) is 0 Å². The highest BCUT2D eigenvalue weighted by atomic mass is 16.5. The van der Waals surface area contributed by atoms with Gasteiger partial charge in [-0.2, -0.15) is 0 Å². The van der Waals surface area contributed by atoms with Crippen LogP contribution in [0.4, 0.5) is 0 Å². The number of nitrogens with zero attached hydrogens (tertiary/aromatic N) is 2. The first-order valence-electron chi connectivity index (χ1n) is 7.70. The summed E-state index contributed by atoms with van der Waals surface area (Å²) < 4.78 is 5.99. The van der Waals surface area contributed by atoms with E-state index in [1.807, 2.05) is 23.1 Å². The van der Waals surface area contributed by atoms with E-state index in [0.717, 1.165) is 26.1 Å². The molecule has 0 saturated carbocycles. The molecule has 4 nitrogen and oxygen atoms in total. The summed E-state index contributed by atoms with van der Waals surface area (Å²) in [5.74, 6) is 0.259. The SMILES string of the molecule is O=C1C[C@H]2N(C/C=C/c3ccccc3)CC[C@]23OCCN13. The van der Waals surface area contributed by atoms with Crippen LogP contribution in [0.3, 0.4) is 0 Å². The van der Waals surface area contributed by atoms with Crippen LogP contribution in [0.2, 0.25) is 0 Å². The van der Waals surface area contributed by atoms with Crippen molar-refractivity contribution in [2.45, 2.75) is 24.6 Å². The number of likely N-dealkylation sites (tertiary alicyclic amines) is 1. The van der Waals surface area contributed by atoms with Crippen molar-refractivity contribution in [3.63, 3.8) is 0 Å². The van der Waals surface area contributed by atoms with E-state index in [-0.39, 0.29) is 17.7 Å². The summed E-state index contributed by atoms with van der Waals surface area (Å²) >= 11 is 0. The zero-order valence-corrected chi connectivity index (χ0v) is 12.1. The van der Waals surface area contributed by atoms with Crippen LogP contribution >= 0.6 is 0 Å². The summed E-state index contributed by atoms with van der Waals surface area (Å²) in [6.45, 7) is 3.35. The maximum absolute atomic E-state index is 12.1. The Morgan fingerprint density at radius 3 is 3.00 bits per heavy atom. The minimum Gasteiger partial charge on any atom is -0.352 e. The molecule has 110 valence electrons. The molecule has 0 bridgehead atoms. The second kappa shape index (κ2) is 4.97. The highest BCUT2D eigenvalue weighted by Gasteiger charge is 2.61. The van der Waals surface area contributed by atoms with Crippen LogP contribution in [0.5, 0.6) is 0 Å². The van der Waals surface area contributed by atoms with Gasteiger partial charge in [0.2, 0.25) is 5.91 Å². The first kappa shape index (κ1) is 13.0. The molecule has 2 atom stereocenters. The van der Waals surface area contributed by atoms with Gasteiger partial charge in [-0.15, -0.1) is 0 Å². The highest BCUT2D eigenvalue weighted by molar-refractivity contribution is 5.81. The first-order valence-corrected chi connectivity index (χ1v) is 7.70. The summed E-state index contributed by atoms with van der Waals surface area (Å²) in [6.07, 6.45) is 5.90. The summed E-state index contributed by atoms with van der Waals surface area (Å²) in [5.41, 5.74) is 0.908.